The molecule has 4 aromatic rings. The van der Waals surface area contributed by atoms with Crippen LogP contribution in [0.15, 0.2) is 48.9 Å². The predicted octanol–water partition coefficient (Wildman–Crippen LogP) is 2.96. The number of aromatic nitrogens is 6. The molecule has 0 spiro atoms. The van der Waals surface area contributed by atoms with E-state index >= 15 is 0 Å². The van der Waals surface area contributed by atoms with Gasteiger partial charge in [-0.3, -0.25) is 14.3 Å². The Morgan fingerprint density at radius 3 is 2.33 bits per heavy atom. The molecule has 0 amide bonds. The number of nitrogens with zero attached hydrogens (tertiary/aromatic N) is 6. The molecule has 4 rings (SSSR count). The van der Waals surface area contributed by atoms with Crippen LogP contribution in [0.3, 0.4) is 0 Å². The Hall–Kier alpha value is -4.13. The molecule has 0 saturated carbocycles. The van der Waals surface area contributed by atoms with E-state index in [0.717, 1.165) is 18.1 Å². The van der Waals surface area contributed by atoms with Crippen LogP contribution in [0.1, 0.15) is 18.4 Å². The zero-order valence-electron chi connectivity index (χ0n) is 20.0. The van der Waals surface area contributed by atoms with Crippen molar-refractivity contribution in [2.75, 3.05) is 18.9 Å². The van der Waals surface area contributed by atoms with E-state index in [2.05, 4.69) is 29.9 Å². The van der Waals surface area contributed by atoms with E-state index < -0.39 is 21.1 Å². The summed E-state index contributed by atoms with van der Waals surface area (Å²) in [6, 6.07) is 8.71. The Bertz CT molecular complexity index is 1450. The lowest BCUT2D eigenvalue weighted by atomic mass is 10.2. The van der Waals surface area contributed by atoms with E-state index in [1.807, 2.05) is 6.92 Å². The predicted molar refractivity (Wildman–Crippen MR) is 130 cm³/mol. The summed E-state index contributed by atoms with van der Waals surface area (Å²) < 4.78 is 54.8. The normalized spacial score (nSPS) is 12.2. The van der Waals surface area contributed by atoms with E-state index in [1.54, 1.807) is 36.5 Å². The maximum atomic E-state index is 13.3. The standard InChI is InChI=1S/C23H24FN7O4S/c1-14-10-16(8-9-25-14)22-28-29-23(31(22)21-18(34-3)6-5-7-19(21)35-4)30-36(32,33)15(2)11-20-26-12-17(24)13-27-20/h5-10,12-13,15H,11H2,1-4H3,(H,29,30)/t15-/m1/s1. The molecule has 1 aromatic carbocycles. The van der Waals surface area contributed by atoms with Crippen molar-refractivity contribution in [2.45, 2.75) is 25.5 Å². The smallest absolute Gasteiger partial charge is 0.243 e. The Labute approximate surface area is 207 Å². The summed E-state index contributed by atoms with van der Waals surface area (Å²) in [7, 11) is -1.02. The minimum atomic E-state index is -4.01. The molecular formula is C23H24FN7O4S. The molecule has 0 aliphatic carbocycles. The van der Waals surface area contributed by atoms with E-state index in [4.69, 9.17) is 9.47 Å². The van der Waals surface area contributed by atoms with Crippen LogP contribution >= 0.6 is 0 Å². The summed E-state index contributed by atoms with van der Waals surface area (Å²) in [6.45, 7) is 3.32. The van der Waals surface area contributed by atoms with Gasteiger partial charge in [0.25, 0.3) is 0 Å². The number of rotatable bonds is 9. The number of sulfonamides is 1. The van der Waals surface area contributed by atoms with Crippen LogP contribution in [0.5, 0.6) is 11.5 Å². The van der Waals surface area contributed by atoms with Gasteiger partial charge in [0, 0.05) is 23.9 Å². The molecule has 0 aliphatic rings. The topological polar surface area (TPSA) is 134 Å². The van der Waals surface area contributed by atoms with Gasteiger partial charge < -0.3 is 9.47 Å². The molecule has 11 nitrogen and oxygen atoms in total. The van der Waals surface area contributed by atoms with Gasteiger partial charge in [-0.05, 0) is 38.1 Å². The highest BCUT2D eigenvalue weighted by Gasteiger charge is 2.28. The molecule has 0 aliphatic heterocycles. The highest BCUT2D eigenvalue weighted by atomic mass is 32.2. The molecular weight excluding hydrogens is 489 g/mol. The number of aryl methyl sites for hydroxylation is 1. The van der Waals surface area contributed by atoms with Gasteiger partial charge in [-0.15, -0.1) is 10.2 Å². The molecule has 0 fully saturated rings. The molecule has 1 N–H and O–H groups in total. The van der Waals surface area contributed by atoms with E-state index in [0.29, 0.717) is 28.6 Å². The first kappa shape index (κ1) is 25.0. The molecule has 3 aromatic heterocycles. The third kappa shape index (κ3) is 5.10. The minimum Gasteiger partial charge on any atom is -0.494 e. The van der Waals surface area contributed by atoms with Crippen molar-refractivity contribution in [3.63, 3.8) is 0 Å². The van der Waals surface area contributed by atoms with E-state index in [-0.39, 0.29) is 18.2 Å². The summed E-state index contributed by atoms with van der Waals surface area (Å²) >= 11 is 0. The van der Waals surface area contributed by atoms with Crippen LogP contribution < -0.4 is 14.2 Å². The fraction of sp³-hybridized carbons (Fsp3) is 0.261. The molecule has 0 bridgehead atoms. The van der Waals surface area contributed by atoms with Crippen molar-refractivity contribution in [3.8, 4) is 28.6 Å². The lowest BCUT2D eigenvalue weighted by Gasteiger charge is -2.19. The van der Waals surface area contributed by atoms with Crippen molar-refractivity contribution in [3.05, 3.63) is 66.3 Å². The molecule has 13 heteroatoms. The minimum absolute atomic E-state index is 0.0435. The van der Waals surface area contributed by atoms with Crippen LogP contribution in [-0.2, 0) is 16.4 Å². The number of halogens is 1. The second kappa shape index (κ2) is 10.2. The Kier molecular flexibility index (Phi) is 7.10. The zero-order valence-corrected chi connectivity index (χ0v) is 20.8. The lowest BCUT2D eigenvalue weighted by Crippen LogP contribution is -2.29. The fourth-order valence-electron chi connectivity index (χ4n) is 3.52. The molecule has 0 unspecified atom stereocenters. The summed E-state index contributed by atoms with van der Waals surface area (Å²) in [6.07, 6.45) is 3.56. The van der Waals surface area contributed by atoms with Crippen LogP contribution in [0.25, 0.3) is 17.1 Å². The first-order valence-electron chi connectivity index (χ1n) is 10.8. The van der Waals surface area contributed by atoms with E-state index in [1.165, 1.54) is 25.7 Å². The number of nitrogens with one attached hydrogen (secondary N) is 1. The summed E-state index contributed by atoms with van der Waals surface area (Å²) in [4.78, 5) is 11.9. The molecule has 0 radical (unpaired) electrons. The quantitative estimate of drug-likeness (QED) is 0.358. The monoisotopic (exact) mass is 513 g/mol. The molecule has 1 atom stereocenters. The SMILES string of the molecule is COc1cccc(OC)c1-n1c(NS(=O)(=O)[C@H](C)Cc2ncc(F)cn2)nnc1-c1ccnc(C)c1. The second-order valence-electron chi connectivity index (χ2n) is 7.86. The third-order valence-corrected chi connectivity index (χ3v) is 7.04. The average Bonchev–Trinajstić information content (AvgIpc) is 3.27. The van der Waals surface area contributed by atoms with Gasteiger partial charge >= 0.3 is 0 Å². The maximum Gasteiger partial charge on any atom is 0.243 e. The van der Waals surface area contributed by atoms with Crippen LogP contribution in [0, 0.1) is 12.7 Å². The number of anilines is 1. The van der Waals surface area contributed by atoms with Crippen molar-refractivity contribution in [1.29, 1.82) is 0 Å². The average molecular weight is 514 g/mol. The number of hydrogen-bond acceptors (Lipinski definition) is 9. The van der Waals surface area contributed by atoms with Gasteiger partial charge in [-0.1, -0.05) is 6.07 Å². The molecule has 188 valence electrons. The van der Waals surface area contributed by atoms with E-state index in [9.17, 15) is 12.8 Å². The van der Waals surface area contributed by atoms with Gasteiger partial charge in [0.2, 0.25) is 16.0 Å². The third-order valence-electron chi connectivity index (χ3n) is 5.35. The summed E-state index contributed by atoms with van der Waals surface area (Å²) in [5, 5.41) is 7.45. The number of benzene rings is 1. The first-order valence-corrected chi connectivity index (χ1v) is 12.4. The highest BCUT2D eigenvalue weighted by molar-refractivity contribution is 7.93. The Morgan fingerprint density at radius 1 is 1.06 bits per heavy atom. The zero-order chi connectivity index (χ0) is 25.9. The number of hydrogen-bond donors (Lipinski definition) is 1. The first-order chi connectivity index (χ1) is 17.2. The van der Waals surface area contributed by atoms with Gasteiger partial charge in [0.1, 0.15) is 23.0 Å². The lowest BCUT2D eigenvalue weighted by molar-refractivity contribution is 0.391. The molecule has 36 heavy (non-hydrogen) atoms. The molecule has 0 saturated heterocycles. The summed E-state index contributed by atoms with van der Waals surface area (Å²) in [5.41, 5.74) is 1.80. The van der Waals surface area contributed by atoms with Crippen molar-refractivity contribution < 1.29 is 22.3 Å². The van der Waals surface area contributed by atoms with Crippen molar-refractivity contribution in [1.82, 2.24) is 29.7 Å². The number of ether oxygens (including phenoxy) is 2. The fourth-order valence-corrected chi connectivity index (χ4v) is 4.48. The van der Waals surface area contributed by atoms with Gasteiger partial charge in [0.15, 0.2) is 11.6 Å². The number of para-hydroxylation sites is 1. The Balaban J connectivity index is 1.81. The highest BCUT2D eigenvalue weighted by Crippen LogP contribution is 2.37. The molecule has 3 heterocycles. The van der Waals surface area contributed by atoms with Gasteiger partial charge in [-0.25, -0.2) is 22.8 Å². The van der Waals surface area contributed by atoms with Crippen molar-refractivity contribution >= 4 is 16.0 Å². The largest absolute Gasteiger partial charge is 0.494 e. The summed E-state index contributed by atoms with van der Waals surface area (Å²) in [5.74, 6) is 0.675. The van der Waals surface area contributed by atoms with Gasteiger partial charge in [0.05, 0.1) is 31.9 Å². The van der Waals surface area contributed by atoms with Crippen LogP contribution in [0.4, 0.5) is 10.3 Å². The maximum absolute atomic E-state index is 13.3. The van der Waals surface area contributed by atoms with Crippen LogP contribution in [-0.4, -0.2) is 57.6 Å². The van der Waals surface area contributed by atoms with Gasteiger partial charge in [-0.2, -0.15) is 0 Å². The second-order valence-corrected chi connectivity index (χ2v) is 9.96. The number of methoxy groups -OCH3 is 2. The van der Waals surface area contributed by atoms with Crippen molar-refractivity contribution in [2.24, 2.45) is 0 Å². The number of pyridine rings is 1. The van der Waals surface area contributed by atoms with Crippen LogP contribution in [0.2, 0.25) is 0 Å². The Morgan fingerprint density at radius 2 is 1.72 bits per heavy atom.